The van der Waals surface area contributed by atoms with Crippen molar-refractivity contribution in [2.75, 3.05) is 0 Å². The zero-order chi connectivity index (χ0) is 20.1. The smallest absolute Gasteiger partial charge is 0.287 e. The van der Waals surface area contributed by atoms with Gasteiger partial charge in [0.25, 0.3) is 5.91 Å². The summed E-state index contributed by atoms with van der Waals surface area (Å²) in [4.78, 5) is 36.1. The summed E-state index contributed by atoms with van der Waals surface area (Å²) >= 11 is 0. The standard InChI is InChI=1S/C18H25N3O6/c1-9(2)6-12(16(19)24)21-17(25)10-7-11(15(23)13(22)8-10)20-18(26)14-4-3-5-27-14/h3-5,7,9,11-13,15,22-23H,6,8H2,1-2H3,(H2,19,24)(H,20,26)(H,21,25). The quantitative estimate of drug-likeness (QED) is 0.428. The molecule has 9 heteroatoms. The fourth-order valence-corrected chi connectivity index (χ4v) is 2.86. The van der Waals surface area contributed by atoms with Crippen LogP contribution in [-0.2, 0) is 9.59 Å². The van der Waals surface area contributed by atoms with Crippen LogP contribution in [0, 0.1) is 5.92 Å². The first-order valence-electron chi connectivity index (χ1n) is 8.70. The Morgan fingerprint density at radius 1 is 1.30 bits per heavy atom. The number of amides is 3. The Kier molecular flexibility index (Phi) is 6.75. The maximum atomic E-state index is 12.5. The molecule has 0 saturated carbocycles. The molecule has 9 nitrogen and oxygen atoms in total. The van der Waals surface area contributed by atoms with Crippen LogP contribution in [0.4, 0.5) is 0 Å². The molecule has 0 spiro atoms. The van der Waals surface area contributed by atoms with E-state index in [0.29, 0.717) is 6.42 Å². The molecule has 1 aliphatic carbocycles. The minimum absolute atomic E-state index is 0.0346. The second kappa shape index (κ2) is 8.83. The van der Waals surface area contributed by atoms with Crippen LogP contribution < -0.4 is 16.4 Å². The van der Waals surface area contributed by atoms with E-state index in [1.54, 1.807) is 0 Å². The van der Waals surface area contributed by atoms with Crippen LogP contribution >= 0.6 is 0 Å². The minimum Gasteiger partial charge on any atom is -0.459 e. The van der Waals surface area contributed by atoms with Gasteiger partial charge >= 0.3 is 0 Å². The van der Waals surface area contributed by atoms with Crippen molar-refractivity contribution in [3.63, 3.8) is 0 Å². The van der Waals surface area contributed by atoms with Gasteiger partial charge in [-0.15, -0.1) is 0 Å². The van der Waals surface area contributed by atoms with E-state index in [4.69, 9.17) is 10.2 Å². The highest BCUT2D eigenvalue weighted by atomic mass is 16.3. The number of nitrogens with two attached hydrogens (primary N) is 1. The molecule has 4 atom stereocenters. The van der Waals surface area contributed by atoms with Gasteiger partial charge < -0.3 is 31.0 Å². The third kappa shape index (κ3) is 5.41. The molecule has 1 aliphatic rings. The molecular formula is C18H25N3O6. The molecule has 1 aromatic rings. The van der Waals surface area contributed by atoms with Crippen molar-refractivity contribution in [3.8, 4) is 0 Å². The Morgan fingerprint density at radius 3 is 2.56 bits per heavy atom. The summed E-state index contributed by atoms with van der Waals surface area (Å²) in [6.07, 6.45) is 0.402. The maximum Gasteiger partial charge on any atom is 0.287 e. The molecule has 0 bridgehead atoms. The minimum atomic E-state index is -1.29. The Bertz CT molecular complexity index is 713. The Morgan fingerprint density at radius 2 is 2.00 bits per heavy atom. The van der Waals surface area contributed by atoms with Crippen molar-refractivity contribution in [2.45, 2.75) is 51.0 Å². The third-order valence-electron chi connectivity index (χ3n) is 4.26. The average molecular weight is 379 g/mol. The number of aliphatic hydroxyl groups is 2. The molecule has 0 saturated heterocycles. The number of carbonyl (C=O) groups excluding carboxylic acids is 3. The van der Waals surface area contributed by atoms with Crippen molar-refractivity contribution >= 4 is 17.7 Å². The molecule has 6 N–H and O–H groups in total. The van der Waals surface area contributed by atoms with Crippen molar-refractivity contribution in [2.24, 2.45) is 11.7 Å². The normalized spacial score (nSPS) is 23.4. The first-order chi connectivity index (χ1) is 12.7. The summed E-state index contributed by atoms with van der Waals surface area (Å²) < 4.78 is 4.98. The summed E-state index contributed by atoms with van der Waals surface area (Å²) in [5, 5.41) is 25.2. The van der Waals surface area contributed by atoms with Crippen LogP contribution in [0.5, 0.6) is 0 Å². The lowest BCUT2D eigenvalue weighted by molar-refractivity contribution is -0.126. The predicted molar refractivity (Wildman–Crippen MR) is 95.3 cm³/mol. The van der Waals surface area contributed by atoms with E-state index in [0.717, 1.165) is 0 Å². The Labute approximate surface area is 156 Å². The van der Waals surface area contributed by atoms with Crippen molar-refractivity contribution in [3.05, 3.63) is 35.8 Å². The molecular weight excluding hydrogens is 354 g/mol. The lowest BCUT2D eigenvalue weighted by Gasteiger charge is -2.31. The fraction of sp³-hybridized carbons (Fsp3) is 0.500. The summed E-state index contributed by atoms with van der Waals surface area (Å²) in [7, 11) is 0. The van der Waals surface area contributed by atoms with Gasteiger partial charge in [0.15, 0.2) is 5.76 Å². The SMILES string of the molecule is CC(C)CC(NC(=O)C1=CC(NC(=O)c2ccco2)C(O)C(O)C1)C(N)=O. The fourth-order valence-electron chi connectivity index (χ4n) is 2.86. The lowest BCUT2D eigenvalue weighted by Crippen LogP contribution is -2.52. The molecule has 4 unspecified atom stereocenters. The zero-order valence-corrected chi connectivity index (χ0v) is 15.2. The molecule has 148 valence electrons. The van der Waals surface area contributed by atoms with Gasteiger partial charge in [-0.3, -0.25) is 14.4 Å². The van der Waals surface area contributed by atoms with E-state index < -0.39 is 42.0 Å². The highest BCUT2D eigenvalue weighted by Gasteiger charge is 2.35. The highest BCUT2D eigenvalue weighted by molar-refractivity contribution is 5.97. The number of hydrogen-bond donors (Lipinski definition) is 5. The predicted octanol–water partition coefficient (Wildman–Crippen LogP) is -0.554. The second-order valence-corrected chi connectivity index (χ2v) is 6.99. The van der Waals surface area contributed by atoms with E-state index in [2.05, 4.69) is 10.6 Å². The zero-order valence-electron chi connectivity index (χ0n) is 15.2. The largest absolute Gasteiger partial charge is 0.459 e. The molecule has 0 fully saturated rings. The van der Waals surface area contributed by atoms with Gasteiger partial charge in [0.1, 0.15) is 12.1 Å². The lowest BCUT2D eigenvalue weighted by atomic mass is 9.89. The maximum absolute atomic E-state index is 12.5. The van der Waals surface area contributed by atoms with E-state index in [1.165, 1.54) is 24.5 Å². The molecule has 27 heavy (non-hydrogen) atoms. The molecule has 1 heterocycles. The van der Waals surface area contributed by atoms with Gasteiger partial charge in [0.2, 0.25) is 11.8 Å². The van der Waals surface area contributed by atoms with E-state index in [9.17, 15) is 24.6 Å². The molecule has 0 aliphatic heterocycles. The van der Waals surface area contributed by atoms with Crippen molar-refractivity contribution in [1.82, 2.24) is 10.6 Å². The van der Waals surface area contributed by atoms with Crippen LogP contribution in [0.3, 0.4) is 0 Å². The average Bonchev–Trinajstić information content (AvgIpc) is 3.12. The Hall–Kier alpha value is -2.65. The summed E-state index contributed by atoms with van der Waals surface area (Å²) in [6.45, 7) is 3.78. The number of rotatable bonds is 7. The number of carbonyl (C=O) groups is 3. The van der Waals surface area contributed by atoms with Crippen LogP contribution in [0.15, 0.2) is 34.5 Å². The number of nitrogens with one attached hydrogen (secondary N) is 2. The van der Waals surface area contributed by atoms with Crippen LogP contribution in [0.2, 0.25) is 0 Å². The first-order valence-corrected chi connectivity index (χ1v) is 8.70. The number of furan rings is 1. The van der Waals surface area contributed by atoms with E-state index in [-0.39, 0.29) is 23.7 Å². The molecule has 1 aromatic heterocycles. The monoisotopic (exact) mass is 379 g/mol. The number of aliphatic hydroxyl groups excluding tert-OH is 2. The van der Waals surface area contributed by atoms with Crippen LogP contribution in [0.1, 0.15) is 37.2 Å². The molecule has 0 aromatic carbocycles. The third-order valence-corrected chi connectivity index (χ3v) is 4.26. The van der Waals surface area contributed by atoms with Gasteiger partial charge in [-0.25, -0.2) is 0 Å². The van der Waals surface area contributed by atoms with Gasteiger partial charge in [-0.1, -0.05) is 19.9 Å². The molecule has 3 amide bonds. The number of hydrogen-bond acceptors (Lipinski definition) is 6. The van der Waals surface area contributed by atoms with Crippen LogP contribution in [-0.4, -0.2) is 52.2 Å². The van der Waals surface area contributed by atoms with Gasteiger partial charge in [0.05, 0.1) is 18.4 Å². The van der Waals surface area contributed by atoms with Crippen molar-refractivity contribution in [1.29, 1.82) is 0 Å². The second-order valence-electron chi connectivity index (χ2n) is 6.99. The van der Waals surface area contributed by atoms with Gasteiger partial charge in [-0.05, 0) is 24.5 Å². The summed E-state index contributed by atoms with van der Waals surface area (Å²) in [6, 6.07) is 1.14. The van der Waals surface area contributed by atoms with Crippen molar-refractivity contribution < 1.29 is 29.0 Å². The summed E-state index contributed by atoms with van der Waals surface area (Å²) in [5.41, 5.74) is 5.48. The Balaban J connectivity index is 2.13. The highest BCUT2D eigenvalue weighted by Crippen LogP contribution is 2.21. The van der Waals surface area contributed by atoms with E-state index >= 15 is 0 Å². The van der Waals surface area contributed by atoms with E-state index in [1.807, 2.05) is 13.8 Å². The van der Waals surface area contributed by atoms with Gasteiger partial charge in [0, 0.05) is 12.0 Å². The topological polar surface area (TPSA) is 155 Å². The summed E-state index contributed by atoms with van der Waals surface area (Å²) in [5.74, 6) is -1.66. The molecule has 0 radical (unpaired) electrons. The van der Waals surface area contributed by atoms with Crippen LogP contribution in [0.25, 0.3) is 0 Å². The number of primary amides is 1. The van der Waals surface area contributed by atoms with Gasteiger partial charge in [-0.2, -0.15) is 0 Å². The first kappa shape index (κ1) is 20.7. The molecule has 2 rings (SSSR count).